The van der Waals surface area contributed by atoms with Gasteiger partial charge in [0.25, 0.3) is 11.5 Å². The number of carbonyl (C=O) groups is 1. The fourth-order valence-corrected chi connectivity index (χ4v) is 3.56. The average Bonchev–Trinajstić information content (AvgIpc) is 2.83. The van der Waals surface area contributed by atoms with Crippen molar-refractivity contribution >= 4 is 22.9 Å². The van der Waals surface area contributed by atoms with Gasteiger partial charge in [-0.15, -0.1) is 0 Å². The molecule has 1 aromatic heterocycles. The van der Waals surface area contributed by atoms with Gasteiger partial charge in [-0.05, 0) is 49.2 Å². The van der Waals surface area contributed by atoms with Crippen molar-refractivity contribution in [3.8, 4) is 17.0 Å². The molecule has 3 aromatic carbocycles. The molecular weight excluding hydrogens is 416 g/mol. The highest BCUT2D eigenvalue weighted by atomic mass is 16.5. The van der Waals surface area contributed by atoms with Crippen LogP contribution >= 0.6 is 0 Å². The van der Waals surface area contributed by atoms with Gasteiger partial charge < -0.3 is 4.74 Å². The number of nitrogens with zero attached hydrogens (tertiary/aromatic N) is 3. The first kappa shape index (κ1) is 22.0. The predicted octanol–water partition coefficient (Wildman–Crippen LogP) is 3.84. The largest absolute Gasteiger partial charge is 0.496 e. The standard InChI is InChI=1S/C26H24N4O3/c1-17-12-13-19(14-18(17)2)25-21-9-5-6-10-22(21)26(32)30(29-25)16-24(31)28-27-15-20-8-4-7-11-23(20)33-3/h4-15H,16H2,1-3H3,(H,28,31)/b27-15+. The molecule has 1 heterocycles. The Balaban J connectivity index is 1.64. The molecule has 0 aliphatic carbocycles. The van der Waals surface area contributed by atoms with Crippen molar-refractivity contribution in [2.24, 2.45) is 5.10 Å². The van der Waals surface area contributed by atoms with Crippen LogP contribution in [0.2, 0.25) is 0 Å². The number of carbonyl (C=O) groups excluding carboxylic acids is 1. The lowest BCUT2D eigenvalue weighted by Crippen LogP contribution is -2.32. The summed E-state index contributed by atoms with van der Waals surface area (Å²) in [5.74, 6) is 0.179. The first-order valence-electron chi connectivity index (χ1n) is 10.5. The van der Waals surface area contributed by atoms with Gasteiger partial charge in [-0.2, -0.15) is 10.2 Å². The highest BCUT2D eigenvalue weighted by Gasteiger charge is 2.14. The van der Waals surface area contributed by atoms with Gasteiger partial charge in [0.1, 0.15) is 12.3 Å². The van der Waals surface area contributed by atoms with Crippen molar-refractivity contribution in [1.29, 1.82) is 0 Å². The third kappa shape index (κ3) is 4.67. The minimum Gasteiger partial charge on any atom is -0.496 e. The number of hydrogen-bond acceptors (Lipinski definition) is 5. The van der Waals surface area contributed by atoms with E-state index in [4.69, 9.17) is 4.74 Å². The lowest BCUT2D eigenvalue weighted by Gasteiger charge is -2.12. The van der Waals surface area contributed by atoms with E-state index in [1.807, 2.05) is 62.4 Å². The molecule has 1 amide bonds. The summed E-state index contributed by atoms with van der Waals surface area (Å²) in [4.78, 5) is 25.5. The van der Waals surface area contributed by atoms with E-state index in [2.05, 4.69) is 15.6 Å². The van der Waals surface area contributed by atoms with Crippen LogP contribution in [0.15, 0.2) is 76.6 Å². The summed E-state index contributed by atoms with van der Waals surface area (Å²) in [5, 5.41) is 9.79. The summed E-state index contributed by atoms with van der Waals surface area (Å²) in [6.07, 6.45) is 1.49. The number of amides is 1. The number of rotatable bonds is 6. The highest BCUT2D eigenvalue weighted by Crippen LogP contribution is 2.26. The van der Waals surface area contributed by atoms with Gasteiger partial charge >= 0.3 is 0 Å². The summed E-state index contributed by atoms with van der Waals surface area (Å²) < 4.78 is 6.45. The third-order valence-corrected chi connectivity index (χ3v) is 5.47. The Kier molecular flexibility index (Phi) is 6.31. The molecule has 1 N–H and O–H groups in total. The van der Waals surface area contributed by atoms with Crippen molar-refractivity contribution in [2.45, 2.75) is 20.4 Å². The van der Waals surface area contributed by atoms with Crippen molar-refractivity contribution in [2.75, 3.05) is 7.11 Å². The van der Waals surface area contributed by atoms with Crippen LogP contribution in [0.5, 0.6) is 5.75 Å². The molecule has 4 rings (SSSR count). The molecule has 0 fully saturated rings. The fourth-order valence-electron chi connectivity index (χ4n) is 3.56. The van der Waals surface area contributed by atoms with E-state index in [9.17, 15) is 9.59 Å². The van der Waals surface area contributed by atoms with Crippen molar-refractivity contribution in [3.05, 3.63) is 93.8 Å². The van der Waals surface area contributed by atoms with Crippen molar-refractivity contribution < 1.29 is 9.53 Å². The Morgan fingerprint density at radius 2 is 1.76 bits per heavy atom. The van der Waals surface area contributed by atoms with E-state index in [0.29, 0.717) is 16.8 Å². The molecule has 0 saturated carbocycles. The van der Waals surface area contributed by atoms with E-state index < -0.39 is 5.91 Å². The molecule has 0 saturated heterocycles. The van der Waals surface area contributed by atoms with Gasteiger partial charge in [0.05, 0.1) is 24.4 Å². The third-order valence-electron chi connectivity index (χ3n) is 5.47. The lowest BCUT2D eigenvalue weighted by molar-refractivity contribution is -0.121. The summed E-state index contributed by atoms with van der Waals surface area (Å²) in [7, 11) is 1.57. The topological polar surface area (TPSA) is 85.6 Å². The maximum atomic E-state index is 13.0. The Morgan fingerprint density at radius 3 is 2.52 bits per heavy atom. The Bertz CT molecular complexity index is 1420. The second-order valence-corrected chi connectivity index (χ2v) is 7.69. The number of ether oxygens (including phenoxy) is 1. The van der Waals surface area contributed by atoms with Crippen LogP contribution in [-0.2, 0) is 11.3 Å². The Hall–Kier alpha value is -4.26. The predicted molar refractivity (Wildman–Crippen MR) is 130 cm³/mol. The number of hydrazone groups is 1. The smallest absolute Gasteiger partial charge is 0.275 e. The number of fused-ring (bicyclic) bond motifs is 1. The molecule has 0 unspecified atom stereocenters. The fraction of sp³-hybridized carbons (Fsp3) is 0.154. The number of aromatic nitrogens is 2. The number of para-hydroxylation sites is 1. The first-order valence-corrected chi connectivity index (χ1v) is 10.5. The molecule has 0 atom stereocenters. The zero-order chi connectivity index (χ0) is 23.4. The zero-order valence-electron chi connectivity index (χ0n) is 18.7. The van der Waals surface area contributed by atoms with Crippen LogP contribution in [0.25, 0.3) is 22.0 Å². The molecule has 7 heteroatoms. The SMILES string of the molecule is COc1ccccc1/C=N/NC(=O)Cn1nc(-c2ccc(C)c(C)c2)c2ccccc2c1=O. The minimum absolute atomic E-state index is 0.259. The van der Waals surface area contributed by atoms with E-state index in [0.717, 1.165) is 22.1 Å². The molecule has 0 aliphatic rings. The van der Waals surface area contributed by atoms with Gasteiger partial charge in [-0.3, -0.25) is 9.59 Å². The molecule has 166 valence electrons. The summed E-state index contributed by atoms with van der Waals surface area (Å²) in [6.45, 7) is 3.82. The van der Waals surface area contributed by atoms with E-state index in [1.54, 1.807) is 25.3 Å². The molecule has 7 nitrogen and oxygen atoms in total. The number of benzene rings is 3. The van der Waals surface area contributed by atoms with Crippen LogP contribution in [0.3, 0.4) is 0 Å². The van der Waals surface area contributed by atoms with Crippen LogP contribution in [-0.4, -0.2) is 29.0 Å². The van der Waals surface area contributed by atoms with Crippen LogP contribution < -0.4 is 15.7 Å². The van der Waals surface area contributed by atoms with Gasteiger partial charge in [0.2, 0.25) is 0 Å². The summed E-state index contributed by atoms with van der Waals surface area (Å²) >= 11 is 0. The van der Waals surface area contributed by atoms with Gasteiger partial charge in [0, 0.05) is 16.5 Å². The number of methoxy groups -OCH3 is 1. The second kappa shape index (κ2) is 9.48. The van der Waals surface area contributed by atoms with E-state index in [1.165, 1.54) is 16.5 Å². The second-order valence-electron chi connectivity index (χ2n) is 7.69. The Labute approximate surface area is 191 Å². The number of hydrogen-bond donors (Lipinski definition) is 1. The lowest BCUT2D eigenvalue weighted by atomic mass is 10.0. The van der Waals surface area contributed by atoms with Crippen LogP contribution in [0.1, 0.15) is 16.7 Å². The average molecular weight is 441 g/mol. The summed E-state index contributed by atoms with van der Waals surface area (Å²) in [6, 6.07) is 20.6. The molecule has 0 spiro atoms. The van der Waals surface area contributed by atoms with Gasteiger partial charge in [-0.25, -0.2) is 10.1 Å². The van der Waals surface area contributed by atoms with Crippen LogP contribution in [0, 0.1) is 13.8 Å². The molecule has 33 heavy (non-hydrogen) atoms. The highest BCUT2D eigenvalue weighted by molar-refractivity contribution is 5.94. The number of nitrogens with one attached hydrogen (secondary N) is 1. The molecule has 4 aromatic rings. The maximum absolute atomic E-state index is 13.0. The Morgan fingerprint density at radius 1 is 1.03 bits per heavy atom. The normalized spacial score (nSPS) is 11.1. The van der Waals surface area contributed by atoms with Crippen LogP contribution in [0.4, 0.5) is 0 Å². The number of aryl methyl sites for hydroxylation is 2. The van der Waals surface area contributed by atoms with E-state index >= 15 is 0 Å². The first-order chi connectivity index (χ1) is 16.0. The molecule has 0 radical (unpaired) electrons. The maximum Gasteiger partial charge on any atom is 0.275 e. The quantitative estimate of drug-likeness (QED) is 0.365. The van der Waals surface area contributed by atoms with Gasteiger partial charge in [-0.1, -0.05) is 42.5 Å². The van der Waals surface area contributed by atoms with Crippen molar-refractivity contribution in [3.63, 3.8) is 0 Å². The monoisotopic (exact) mass is 440 g/mol. The van der Waals surface area contributed by atoms with Gasteiger partial charge in [0.15, 0.2) is 0 Å². The molecular formula is C26H24N4O3. The molecule has 0 bridgehead atoms. The molecule has 0 aliphatic heterocycles. The van der Waals surface area contributed by atoms with Crippen molar-refractivity contribution in [1.82, 2.24) is 15.2 Å². The minimum atomic E-state index is -0.461. The van der Waals surface area contributed by atoms with E-state index in [-0.39, 0.29) is 12.1 Å². The zero-order valence-corrected chi connectivity index (χ0v) is 18.7. The summed E-state index contributed by atoms with van der Waals surface area (Å²) in [5.41, 5.74) is 6.68.